The van der Waals surface area contributed by atoms with Gasteiger partial charge in [-0.3, -0.25) is 0 Å². The maximum Gasteiger partial charge on any atom is 0.261 e. The molecule has 0 aromatic heterocycles. The highest BCUT2D eigenvalue weighted by Gasteiger charge is 2.53. The van der Waals surface area contributed by atoms with Gasteiger partial charge in [0.25, 0.3) is 8.32 Å². The van der Waals surface area contributed by atoms with E-state index in [2.05, 4.69) is 141 Å². The maximum atomic E-state index is 10.3. The molecule has 298 valence electrons. The molecule has 3 aliphatic rings. The smallest absolute Gasteiger partial charge is 0.261 e. The molecule has 0 unspecified atom stereocenters. The second kappa shape index (κ2) is 16.4. The Hall–Kier alpha value is -2.03. The van der Waals surface area contributed by atoms with Gasteiger partial charge in [-0.15, -0.1) is 0 Å². The van der Waals surface area contributed by atoms with Crippen LogP contribution in [0.1, 0.15) is 133 Å². The molecule has 3 nitrogen and oxygen atoms in total. The van der Waals surface area contributed by atoms with Crippen LogP contribution < -0.4 is 10.4 Å². The molecule has 0 heterocycles. The van der Waals surface area contributed by atoms with Gasteiger partial charge in [0.05, 0.1) is 17.8 Å². The molecule has 5 heteroatoms. The molecule has 5 rings (SSSR count). The van der Waals surface area contributed by atoms with E-state index < -0.39 is 22.2 Å². The summed E-state index contributed by atoms with van der Waals surface area (Å²) >= 11 is 0. The molecular weight excluding hydrogens is 693 g/mol. The zero-order chi connectivity index (χ0) is 39.7. The third kappa shape index (κ3) is 9.23. The van der Waals surface area contributed by atoms with E-state index in [9.17, 15) is 5.11 Å². The van der Waals surface area contributed by atoms with Gasteiger partial charge in [-0.25, -0.2) is 0 Å². The highest BCUT2D eigenvalue weighted by Crippen LogP contribution is 2.60. The van der Waals surface area contributed by atoms with E-state index in [4.69, 9.17) is 15.4 Å². The first kappa shape index (κ1) is 43.1. The van der Waals surface area contributed by atoms with Crippen LogP contribution in [0.2, 0.25) is 23.2 Å². The van der Waals surface area contributed by atoms with Crippen LogP contribution in [0.5, 0.6) is 0 Å². The van der Waals surface area contributed by atoms with Gasteiger partial charge in [0.15, 0.2) is 8.32 Å². The SMILES string of the molecule is C=C1/C(=C\C=C2/CCC[C@]3(C)[C@@H]([C@H](C)CCCC(C)(C)O)CC[C@@H]23)C[C@@H](O[Si](c2ccccc2)(c2ccccc2)C(C)(C)C)C[C@@H]1O[Si](C)(C)C(C)(C)C. The predicted octanol–water partition coefficient (Wildman–Crippen LogP) is 12.3. The minimum Gasteiger partial charge on any atom is -0.410 e. The molecule has 1 N–H and O–H groups in total. The normalized spacial score (nSPS) is 28.1. The highest BCUT2D eigenvalue weighted by molar-refractivity contribution is 6.99. The van der Waals surface area contributed by atoms with Crippen molar-refractivity contribution in [3.63, 3.8) is 0 Å². The largest absolute Gasteiger partial charge is 0.410 e. The van der Waals surface area contributed by atoms with Gasteiger partial charge < -0.3 is 14.0 Å². The standard InChI is InChI=1S/C49H76O3Si2/c1-36(22-20-32-48(9,10)50)43-30-31-44-38(23-21-33-49(43,44)11)28-29-39-34-40(35-45(37(39)2)52-53(12,13)46(3,4)5)51-54(47(6,7)8,41-24-16-14-17-25-41)42-26-18-15-19-27-42/h14-19,24-29,36,40,43-45,50H,2,20-23,30-35H2,1,3-13H3/b38-28+,39-29-/t36-,40-,43-,44+,45+,49-/m1/s1. The van der Waals surface area contributed by atoms with Crippen LogP contribution in [-0.4, -0.2) is 39.6 Å². The summed E-state index contributed by atoms with van der Waals surface area (Å²) in [6.45, 7) is 32.7. The Balaban J connectivity index is 1.50. The van der Waals surface area contributed by atoms with Crippen LogP contribution in [0.4, 0.5) is 0 Å². The summed E-state index contributed by atoms with van der Waals surface area (Å²) in [4.78, 5) is 0. The van der Waals surface area contributed by atoms with Crippen molar-refractivity contribution in [2.24, 2.45) is 23.2 Å². The van der Waals surface area contributed by atoms with Crippen molar-refractivity contribution in [3.8, 4) is 0 Å². The van der Waals surface area contributed by atoms with Crippen molar-refractivity contribution in [1.29, 1.82) is 0 Å². The lowest BCUT2D eigenvalue weighted by molar-refractivity contribution is 0.0596. The number of fused-ring (bicyclic) bond motifs is 1. The Morgan fingerprint density at radius 3 is 2.00 bits per heavy atom. The van der Waals surface area contributed by atoms with E-state index in [0.29, 0.717) is 17.3 Å². The van der Waals surface area contributed by atoms with Crippen molar-refractivity contribution in [3.05, 3.63) is 96.1 Å². The Kier molecular flexibility index (Phi) is 13.1. The van der Waals surface area contributed by atoms with E-state index in [0.717, 1.165) is 37.2 Å². The minimum absolute atomic E-state index is 0.0125. The summed E-state index contributed by atoms with van der Waals surface area (Å²) in [5, 5.41) is 13.0. The van der Waals surface area contributed by atoms with Crippen molar-refractivity contribution in [2.75, 3.05) is 0 Å². The first-order valence-electron chi connectivity index (χ1n) is 21.4. The van der Waals surface area contributed by atoms with Crippen molar-refractivity contribution in [1.82, 2.24) is 0 Å². The Labute approximate surface area is 333 Å². The molecule has 0 amide bonds. The van der Waals surface area contributed by atoms with Crippen LogP contribution >= 0.6 is 0 Å². The predicted molar refractivity (Wildman–Crippen MR) is 237 cm³/mol. The van der Waals surface area contributed by atoms with Gasteiger partial charge in [-0.1, -0.05) is 153 Å². The van der Waals surface area contributed by atoms with E-state index in [-0.39, 0.29) is 22.3 Å². The molecule has 2 aromatic carbocycles. The summed E-state index contributed by atoms with van der Waals surface area (Å²) < 4.78 is 15.1. The molecule has 2 aromatic rings. The zero-order valence-electron chi connectivity index (χ0n) is 36.4. The summed E-state index contributed by atoms with van der Waals surface area (Å²) in [6, 6.07) is 22.2. The van der Waals surface area contributed by atoms with E-state index in [1.54, 1.807) is 5.57 Å². The molecular formula is C49H76O3Si2. The van der Waals surface area contributed by atoms with Gasteiger partial charge in [-0.2, -0.15) is 0 Å². The lowest BCUT2D eigenvalue weighted by Gasteiger charge is -2.48. The fraction of sp³-hybridized carbons (Fsp3) is 0.633. The Morgan fingerprint density at radius 1 is 0.870 bits per heavy atom. The van der Waals surface area contributed by atoms with E-state index in [1.807, 2.05) is 13.8 Å². The molecule has 0 saturated heterocycles. The molecule has 3 saturated carbocycles. The Bertz CT molecular complexity index is 1580. The topological polar surface area (TPSA) is 38.7 Å². The molecule has 6 atom stereocenters. The van der Waals surface area contributed by atoms with E-state index in [1.165, 1.54) is 54.5 Å². The minimum atomic E-state index is -2.77. The molecule has 3 aliphatic carbocycles. The van der Waals surface area contributed by atoms with Crippen LogP contribution in [0.3, 0.4) is 0 Å². The van der Waals surface area contributed by atoms with E-state index >= 15 is 0 Å². The monoisotopic (exact) mass is 769 g/mol. The molecule has 0 spiro atoms. The highest BCUT2D eigenvalue weighted by atomic mass is 28.4. The lowest BCUT2D eigenvalue weighted by Crippen LogP contribution is -2.68. The van der Waals surface area contributed by atoms with Crippen molar-refractivity contribution in [2.45, 2.75) is 174 Å². The molecule has 3 fully saturated rings. The fourth-order valence-electron chi connectivity index (χ4n) is 10.4. The number of hydrogen-bond donors (Lipinski definition) is 1. The number of benzene rings is 2. The van der Waals surface area contributed by atoms with Gasteiger partial charge in [0.1, 0.15) is 0 Å². The van der Waals surface area contributed by atoms with Crippen molar-refractivity contribution >= 4 is 27.0 Å². The molecule has 0 aliphatic heterocycles. The third-order valence-electron chi connectivity index (χ3n) is 14.4. The molecule has 0 radical (unpaired) electrons. The van der Waals surface area contributed by atoms with Gasteiger partial charge in [0, 0.05) is 6.42 Å². The van der Waals surface area contributed by atoms with Crippen LogP contribution in [-0.2, 0) is 8.85 Å². The summed E-state index contributed by atoms with van der Waals surface area (Å²) in [5.74, 6) is 2.08. The molecule has 0 bridgehead atoms. The van der Waals surface area contributed by atoms with Crippen LogP contribution in [0, 0.1) is 23.2 Å². The zero-order valence-corrected chi connectivity index (χ0v) is 38.4. The average Bonchev–Trinajstić information content (AvgIpc) is 3.44. The maximum absolute atomic E-state index is 10.3. The first-order valence-corrected chi connectivity index (χ1v) is 26.2. The second-order valence-corrected chi connectivity index (χ2v) is 30.0. The third-order valence-corrected chi connectivity index (χ3v) is 24.0. The summed E-state index contributed by atoms with van der Waals surface area (Å²) in [6.07, 6.45) is 16.2. The lowest BCUT2D eigenvalue weighted by atomic mass is 9.60. The average molecular weight is 769 g/mol. The van der Waals surface area contributed by atoms with Gasteiger partial charge in [-0.05, 0) is 127 Å². The Morgan fingerprint density at radius 2 is 1.46 bits per heavy atom. The number of hydrogen-bond acceptors (Lipinski definition) is 3. The van der Waals surface area contributed by atoms with Crippen LogP contribution in [0.15, 0.2) is 96.1 Å². The number of aliphatic hydroxyl groups is 1. The van der Waals surface area contributed by atoms with Gasteiger partial charge >= 0.3 is 0 Å². The van der Waals surface area contributed by atoms with Crippen molar-refractivity contribution < 1.29 is 14.0 Å². The number of rotatable bonds is 12. The quantitative estimate of drug-likeness (QED) is 0.219. The molecule has 54 heavy (non-hydrogen) atoms. The second-order valence-electron chi connectivity index (χ2n) is 20.9. The summed E-state index contributed by atoms with van der Waals surface area (Å²) in [5.41, 5.74) is 3.89. The van der Waals surface area contributed by atoms with Crippen LogP contribution in [0.25, 0.3) is 0 Å². The number of allylic oxidation sites excluding steroid dienone is 3. The first-order chi connectivity index (χ1) is 25.1. The summed E-state index contributed by atoms with van der Waals surface area (Å²) in [7, 11) is -4.87. The fourth-order valence-corrected chi connectivity index (χ4v) is 16.4. The van der Waals surface area contributed by atoms with Gasteiger partial charge in [0.2, 0.25) is 0 Å².